The third-order valence-electron chi connectivity index (χ3n) is 5.77. The number of halogens is 1. The van der Waals surface area contributed by atoms with E-state index in [1.807, 2.05) is 22.6 Å². The average molecular weight is 705 g/mol. The number of aromatic nitrogens is 1. The number of aryl methyl sites for hydroxylation is 1. The molecule has 15 heteroatoms. The number of ketones is 1. The van der Waals surface area contributed by atoms with Crippen molar-refractivity contribution in [3.63, 3.8) is 0 Å². The Morgan fingerprint density at radius 1 is 0.976 bits per heavy atom. The number of hydrogen-bond donors (Lipinski definition) is 4. The summed E-state index contributed by atoms with van der Waals surface area (Å²) < 4.78 is 15.1. The van der Waals surface area contributed by atoms with Gasteiger partial charge in [-0.25, -0.2) is 9.78 Å². The minimum absolute atomic E-state index is 0.00697. The smallest absolute Gasteiger partial charge is 0.450 e. The molecule has 224 valence electrons. The van der Waals surface area contributed by atoms with Crippen LogP contribution in [-0.2, 0) is 35.0 Å². The maximum atomic E-state index is 13.5. The molecule has 1 aromatic heterocycles. The van der Waals surface area contributed by atoms with Gasteiger partial charge in [0.25, 0.3) is 5.91 Å². The number of ether oxygens (including phenoxy) is 3. The molecule has 3 amide bonds. The second-order valence-electron chi connectivity index (χ2n) is 9.09. The van der Waals surface area contributed by atoms with Gasteiger partial charge in [-0.15, -0.1) is 11.3 Å². The van der Waals surface area contributed by atoms with E-state index in [2.05, 4.69) is 20.9 Å². The summed E-state index contributed by atoms with van der Waals surface area (Å²) >= 11 is 2.99. The van der Waals surface area contributed by atoms with Gasteiger partial charge in [0.05, 0.1) is 30.5 Å². The zero-order chi connectivity index (χ0) is 30.6. The number of hydrogen-bond acceptors (Lipinski definition) is 10. The molecular formula is C26H33IN4O9S. The van der Waals surface area contributed by atoms with Gasteiger partial charge in [-0.3, -0.25) is 19.2 Å². The van der Waals surface area contributed by atoms with E-state index in [4.69, 9.17) is 14.2 Å². The Morgan fingerprint density at radius 2 is 1.54 bits per heavy atom. The van der Waals surface area contributed by atoms with Gasteiger partial charge in [0, 0.05) is 18.6 Å². The Morgan fingerprint density at radius 3 is 2.02 bits per heavy atom. The number of alkyl halides is 1. The zero-order valence-electron chi connectivity index (χ0n) is 23.0. The first kappa shape index (κ1) is 34.1. The first-order chi connectivity index (χ1) is 19.4. The predicted octanol–water partition coefficient (Wildman–Crippen LogP) is 1.51. The lowest BCUT2D eigenvalue weighted by Gasteiger charge is -2.30. The molecule has 13 nitrogen and oxygen atoms in total. The summed E-state index contributed by atoms with van der Waals surface area (Å²) in [5.41, 5.74) is -1.05. The number of methoxy groups -OCH3 is 2. The maximum Gasteiger partial charge on any atom is 0.506 e. The molecule has 0 aliphatic heterocycles. The SMILES string of the molecule is COCC(NC(=O)c1cnc(C)s1)C(=O)NC(COC)C(=O)N[C@@H](Cc1ccccc1)C(=O)[C@@](C)(CI)OC(=O)O. The third kappa shape index (κ3) is 10.3. The number of carbonyl (C=O) groups is 5. The summed E-state index contributed by atoms with van der Waals surface area (Å²) in [7, 11) is 2.68. The van der Waals surface area contributed by atoms with Crippen molar-refractivity contribution in [1.29, 1.82) is 0 Å². The van der Waals surface area contributed by atoms with Gasteiger partial charge in [0.2, 0.25) is 11.8 Å². The fourth-order valence-corrected chi connectivity index (χ4v) is 4.92. The van der Waals surface area contributed by atoms with Crippen molar-refractivity contribution in [1.82, 2.24) is 20.9 Å². The van der Waals surface area contributed by atoms with Gasteiger partial charge in [0.1, 0.15) is 17.0 Å². The van der Waals surface area contributed by atoms with E-state index < -0.39 is 53.4 Å². The third-order valence-corrected chi connectivity index (χ3v) is 8.14. The molecule has 2 aromatic rings. The number of nitrogens with one attached hydrogen (secondary N) is 3. The van der Waals surface area contributed by atoms with Gasteiger partial charge in [0.15, 0.2) is 11.4 Å². The van der Waals surface area contributed by atoms with E-state index in [0.717, 1.165) is 11.3 Å². The summed E-state index contributed by atoms with van der Waals surface area (Å²) in [5.74, 6) is -2.69. The molecule has 0 aliphatic carbocycles. The van der Waals surface area contributed by atoms with Crippen molar-refractivity contribution in [2.75, 3.05) is 31.9 Å². The van der Waals surface area contributed by atoms with Crippen LogP contribution in [-0.4, -0.2) is 95.3 Å². The second kappa shape index (κ2) is 16.3. The molecule has 4 atom stereocenters. The number of rotatable bonds is 16. The standard InChI is InChI=1S/C26H33IN4O9S/c1-15-28-11-20(41-15)24(35)31-19(13-39-4)23(34)30-18(12-38-3)22(33)29-17(10-16-8-6-5-7-9-16)21(32)26(2,14-27)40-25(36)37/h5-9,11,17-19H,10,12-14H2,1-4H3,(H,29,33)(H,30,34)(H,31,35)(H,36,37)/t17-,18?,19?,26+/m0/s1. The monoisotopic (exact) mass is 704 g/mol. The summed E-state index contributed by atoms with van der Waals surface area (Å²) in [6.45, 7) is 2.62. The number of carboxylic acid groups (broad SMARTS) is 1. The summed E-state index contributed by atoms with van der Waals surface area (Å²) in [6.07, 6.45) is -0.212. The molecule has 41 heavy (non-hydrogen) atoms. The van der Waals surface area contributed by atoms with Crippen LogP contribution in [0.2, 0.25) is 0 Å². The van der Waals surface area contributed by atoms with E-state index in [1.54, 1.807) is 37.3 Å². The van der Waals surface area contributed by atoms with Crippen molar-refractivity contribution >= 4 is 63.6 Å². The molecule has 0 radical (unpaired) electrons. The fraction of sp³-hybridized carbons (Fsp3) is 0.462. The Labute approximate surface area is 254 Å². The van der Waals surface area contributed by atoms with Gasteiger partial charge >= 0.3 is 6.16 Å². The minimum Gasteiger partial charge on any atom is -0.450 e. The van der Waals surface area contributed by atoms with Crippen LogP contribution in [0.25, 0.3) is 0 Å². The lowest BCUT2D eigenvalue weighted by molar-refractivity contribution is -0.140. The van der Waals surface area contributed by atoms with Crippen LogP contribution >= 0.6 is 33.9 Å². The second-order valence-corrected chi connectivity index (χ2v) is 11.1. The Balaban J connectivity index is 2.26. The lowest BCUT2D eigenvalue weighted by Crippen LogP contribution is -2.60. The van der Waals surface area contributed by atoms with E-state index in [1.165, 1.54) is 27.3 Å². The highest BCUT2D eigenvalue weighted by molar-refractivity contribution is 14.1. The van der Waals surface area contributed by atoms with Crippen LogP contribution in [0.4, 0.5) is 4.79 Å². The first-order valence-corrected chi connectivity index (χ1v) is 14.7. The molecule has 2 unspecified atom stereocenters. The summed E-state index contributed by atoms with van der Waals surface area (Å²) in [6, 6.07) is 5.18. The molecular weight excluding hydrogens is 671 g/mol. The molecule has 4 N–H and O–H groups in total. The summed E-state index contributed by atoms with van der Waals surface area (Å²) in [5, 5.41) is 17.6. The van der Waals surface area contributed by atoms with E-state index in [9.17, 15) is 29.1 Å². The molecule has 0 aliphatic rings. The van der Waals surface area contributed by atoms with Crippen molar-refractivity contribution in [2.24, 2.45) is 0 Å². The number of benzene rings is 1. The minimum atomic E-state index is -1.75. The molecule has 1 heterocycles. The molecule has 0 spiro atoms. The number of Topliss-reactive ketones (excluding diaryl/α,β-unsaturated/α-hetero) is 1. The molecule has 0 saturated heterocycles. The lowest BCUT2D eigenvalue weighted by atomic mass is 9.92. The van der Waals surface area contributed by atoms with Gasteiger partial charge in [-0.05, 0) is 25.8 Å². The van der Waals surface area contributed by atoms with Crippen molar-refractivity contribution in [2.45, 2.75) is 44.0 Å². The van der Waals surface area contributed by atoms with Crippen LogP contribution in [0, 0.1) is 6.92 Å². The van der Waals surface area contributed by atoms with Gasteiger partial charge in [-0.1, -0.05) is 52.9 Å². The topological polar surface area (TPSA) is 182 Å². The van der Waals surface area contributed by atoms with Crippen LogP contribution in [0.15, 0.2) is 36.5 Å². The fourth-order valence-electron chi connectivity index (χ4n) is 3.70. The highest BCUT2D eigenvalue weighted by Gasteiger charge is 2.42. The maximum absolute atomic E-state index is 13.5. The van der Waals surface area contributed by atoms with Gasteiger partial charge in [-0.2, -0.15) is 0 Å². The molecule has 0 bridgehead atoms. The average Bonchev–Trinajstić information content (AvgIpc) is 3.38. The van der Waals surface area contributed by atoms with Crippen LogP contribution in [0.1, 0.15) is 27.2 Å². The zero-order valence-corrected chi connectivity index (χ0v) is 25.9. The first-order valence-electron chi connectivity index (χ1n) is 12.3. The highest BCUT2D eigenvalue weighted by Crippen LogP contribution is 2.20. The van der Waals surface area contributed by atoms with E-state index in [-0.39, 0.29) is 24.1 Å². The normalized spacial score (nSPS) is 14.6. The Hall–Kier alpha value is -3.15. The number of amides is 3. The number of thiazole rings is 1. The van der Waals surface area contributed by atoms with Crippen molar-refractivity contribution in [3.05, 3.63) is 52.0 Å². The van der Waals surface area contributed by atoms with Crippen molar-refractivity contribution in [3.8, 4) is 0 Å². The summed E-state index contributed by atoms with van der Waals surface area (Å²) in [4.78, 5) is 68.3. The molecule has 0 saturated carbocycles. The Bertz CT molecular complexity index is 1210. The molecule has 1 aromatic carbocycles. The van der Waals surface area contributed by atoms with Crippen LogP contribution < -0.4 is 16.0 Å². The predicted molar refractivity (Wildman–Crippen MR) is 157 cm³/mol. The van der Waals surface area contributed by atoms with Crippen LogP contribution in [0.3, 0.4) is 0 Å². The Kier molecular flexibility index (Phi) is 13.6. The highest BCUT2D eigenvalue weighted by atomic mass is 127. The molecule has 0 fully saturated rings. The van der Waals surface area contributed by atoms with E-state index in [0.29, 0.717) is 15.4 Å². The molecule has 2 rings (SSSR count). The number of carbonyl (C=O) groups excluding carboxylic acids is 4. The van der Waals surface area contributed by atoms with Gasteiger partial charge < -0.3 is 35.3 Å². The largest absolute Gasteiger partial charge is 0.506 e. The van der Waals surface area contributed by atoms with Crippen molar-refractivity contribution < 1.29 is 43.3 Å². The quantitative estimate of drug-likeness (QED) is 0.114. The number of nitrogens with zero attached hydrogens (tertiary/aromatic N) is 1. The van der Waals surface area contributed by atoms with Crippen LogP contribution in [0.5, 0.6) is 0 Å². The van der Waals surface area contributed by atoms with E-state index >= 15 is 0 Å².